The number of ketones is 1. The summed E-state index contributed by atoms with van der Waals surface area (Å²) in [5.41, 5.74) is 1.94. The van der Waals surface area contributed by atoms with Crippen molar-refractivity contribution in [1.29, 1.82) is 0 Å². The average Bonchev–Trinajstić information content (AvgIpc) is 2.63. The van der Waals surface area contributed by atoms with Crippen LogP contribution in [0.2, 0.25) is 0 Å². The van der Waals surface area contributed by atoms with E-state index in [0.717, 1.165) is 37.0 Å². The van der Waals surface area contributed by atoms with Crippen LogP contribution in [0.25, 0.3) is 0 Å². The number of Topliss-reactive ketones (excluding diaryl/α,β-unsaturated/α-hetero) is 1. The number of carbonyl (C=O) groups excluding carboxylic acids is 2. The third kappa shape index (κ3) is 2.39. The van der Waals surface area contributed by atoms with Crippen molar-refractivity contribution in [2.75, 3.05) is 13.1 Å². The molecule has 0 atom stereocenters. The molecule has 1 fully saturated rings. The van der Waals surface area contributed by atoms with Gasteiger partial charge in [0, 0.05) is 48.3 Å². The van der Waals surface area contributed by atoms with Crippen molar-refractivity contribution in [3.8, 4) is 0 Å². The largest absolute Gasteiger partial charge is 0.300 e. The summed E-state index contributed by atoms with van der Waals surface area (Å²) in [4.78, 5) is 25.4. The molecule has 2 heterocycles. The number of aryl methyl sites for hydroxylation is 1. The quantitative estimate of drug-likeness (QED) is 0.755. The highest BCUT2D eigenvalue weighted by Gasteiger charge is 2.18. The lowest BCUT2D eigenvalue weighted by atomic mass is 10.1. The molecule has 16 heavy (non-hydrogen) atoms. The van der Waals surface area contributed by atoms with Crippen molar-refractivity contribution in [2.45, 2.75) is 26.3 Å². The van der Waals surface area contributed by atoms with Crippen LogP contribution in [-0.4, -0.2) is 30.1 Å². The van der Waals surface area contributed by atoms with Gasteiger partial charge >= 0.3 is 0 Å². The molecule has 0 unspecified atom stereocenters. The summed E-state index contributed by atoms with van der Waals surface area (Å²) in [6.07, 6.45) is 2.23. The van der Waals surface area contributed by atoms with Gasteiger partial charge in [-0.05, 0) is 12.5 Å². The van der Waals surface area contributed by atoms with Crippen LogP contribution in [0.4, 0.5) is 0 Å². The Hall–Kier alpha value is -1.00. The third-order valence-electron chi connectivity index (χ3n) is 3.06. The van der Waals surface area contributed by atoms with Crippen molar-refractivity contribution in [3.63, 3.8) is 0 Å². The lowest BCUT2D eigenvalue weighted by Gasteiger charge is -2.25. The van der Waals surface area contributed by atoms with Crippen LogP contribution in [-0.2, 0) is 11.3 Å². The molecule has 1 saturated heterocycles. The van der Waals surface area contributed by atoms with E-state index in [4.69, 9.17) is 0 Å². The fraction of sp³-hybridized carbons (Fsp3) is 0.500. The van der Waals surface area contributed by atoms with Gasteiger partial charge in [-0.1, -0.05) is 0 Å². The Bertz CT molecular complexity index is 401. The predicted octanol–water partition coefficient (Wildman–Crippen LogP) is 2.03. The van der Waals surface area contributed by atoms with Gasteiger partial charge in [-0.3, -0.25) is 14.5 Å². The molecule has 0 N–H and O–H groups in total. The van der Waals surface area contributed by atoms with Crippen LogP contribution in [0.5, 0.6) is 0 Å². The first kappa shape index (κ1) is 11.5. The van der Waals surface area contributed by atoms with Gasteiger partial charge in [-0.15, -0.1) is 11.3 Å². The minimum atomic E-state index is 0.355. The van der Waals surface area contributed by atoms with E-state index in [1.807, 2.05) is 12.3 Å². The van der Waals surface area contributed by atoms with E-state index in [9.17, 15) is 9.59 Å². The molecule has 2 rings (SSSR count). The maximum Gasteiger partial charge on any atom is 0.151 e. The topological polar surface area (TPSA) is 37.4 Å². The Kier molecular flexibility index (Phi) is 3.51. The van der Waals surface area contributed by atoms with E-state index in [1.165, 1.54) is 4.88 Å². The summed E-state index contributed by atoms with van der Waals surface area (Å²) in [5, 5.41) is 1.91. The summed E-state index contributed by atoms with van der Waals surface area (Å²) in [6.45, 7) is 4.50. The first-order valence-corrected chi connectivity index (χ1v) is 6.35. The predicted molar refractivity (Wildman–Crippen MR) is 64.0 cm³/mol. The fourth-order valence-electron chi connectivity index (χ4n) is 1.98. The molecule has 0 saturated carbocycles. The summed E-state index contributed by atoms with van der Waals surface area (Å²) in [7, 11) is 0. The number of thiophene rings is 1. The van der Waals surface area contributed by atoms with E-state index < -0.39 is 0 Å². The normalized spacial score (nSPS) is 17.7. The molecule has 0 radical (unpaired) electrons. The molecule has 0 aromatic carbocycles. The van der Waals surface area contributed by atoms with Crippen molar-refractivity contribution in [1.82, 2.24) is 4.90 Å². The number of hydrogen-bond donors (Lipinski definition) is 0. The molecule has 3 nitrogen and oxygen atoms in total. The smallest absolute Gasteiger partial charge is 0.151 e. The number of likely N-dealkylation sites (tertiary alicyclic amines) is 1. The van der Waals surface area contributed by atoms with E-state index in [1.54, 1.807) is 11.3 Å². The van der Waals surface area contributed by atoms with Crippen LogP contribution < -0.4 is 0 Å². The number of rotatable bonds is 3. The van der Waals surface area contributed by atoms with E-state index in [2.05, 4.69) is 4.90 Å². The number of hydrogen-bond acceptors (Lipinski definition) is 4. The molecule has 1 aliphatic rings. The maximum atomic E-state index is 11.1. The Labute approximate surface area is 99.1 Å². The number of nitrogens with zero attached hydrogens (tertiary/aromatic N) is 1. The van der Waals surface area contributed by atoms with Crippen LogP contribution >= 0.6 is 11.3 Å². The Morgan fingerprint density at radius 3 is 2.75 bits per heavy atom. The first-order valence-electron chi connectivity index (χ1n) is 5.47. The second kappa shape index (κ2) is 4.89. The molecular formula is C12H15NO2S. The number of carbonyl (C=O) groups is 2. The van der Waals surface area contributed by atoms with Gasteiger partial charge in [-0.25, -0.2) is 0 Å². The van der Waals surface area contributed by atoms with Gasteiger partial charge in [0.15, 0.2) is 6.29 Å². The Balaban J connectivity index is 2.05. The summed E-state index contributed by atoms with van der Waals surface area (Å²) >= 11 is 1.62. The monoisotopic (exact) mass is 237 g/mol. The average molecular weight is 237 g/mol. The van der Waals surface area contributed by atoms with Crippen LogP contribution in [0.15, 0.2) is 5.38 Å². The molecular weight excluding hydrogens is 222 g/mol. The standard InChI is InChI=1S/C12H15NO2S/c1-9-12(10(7-14)8-16-9)6-13-4-2-11(15)3-5-13/h7-8H,2-6H2,1H3. The van der Waals surface area contributed by atoms with E-state index in [-0.39, 0.29) is 0 Å². The van der Waals surface area contributed by atoms with Gasteiger partial charge in [0.25, 0.3) is 0 Å². The third-order valence-corrected chi connectivity index (χ3v) is 4.03. The molecule has 4 heteroatoms. The van der Waals surface area contributed by atoms with Crippen LogP contribution in [0, 0.1) is 6.92 Å². The second-order valence-electron chi connectivity index (χ2n) is 4.16. The van der Waals surface area contributed by atoms with Crippen molar-refractivity contribution in [2.24, 2.45) is 0 Å². The Morgan fingerprint density at radius 2 is 2.12 bits per heavy atom. The van der Waals surface area contributed by atoms with E-state index >= 15 is 0 Å². The summed E-state index contributed by atoms with van der Waals surface area (Å²) < 4.78 is 0. The van der Waals surface area contributed by atoms with E-state index in [0.29, 0.717) is 18.6 Å². The minimum absolute atomic E-state index is 0.355. The highest BCUT2D eigenvalue weighted by atomic mass is 32.1. The van der Waals surface area contributed by atoms with Gasteiger partial charge < -0.3 is 0 Å². The number of piperidine rings is 1. The maximum absolute atomic E-state index is 11.1. The summed E-state index contributed by atoms with van der Waals surface area (Å²) in [5.74, 6) is 0.355. The van der Waals surface area contributed by atoms with Crippen molar-refractivity contribution >= 4 is 23.4 Å². The zero-order chi connectivity index (χ0) is 11.5. The lowest BCUT2D eigenvalue weighted by Crippen LogP contribution is -2.33. The van der Waals surface area contributed by atoms with Crippen LogP contribution in [0.1, 0.15) is 33.6 Å². The highest BCUT2D eigenvalue weighted by Crippen LogP contribution is 2.23. The minimum Gasteiger partial charge on any atom is -0.300 e. The van der Waals surface area contributed by atoms with Gasteiger partial charge in [0.2, 0.25) is 0 Å². The zero-order valence-corrected chi connectivity index (χ0v) is 10.2. The van der Waals surface area contributed by atoms with Crippen molar-refractivity contribution < 1.29 is 9.59 Å². The molecule has 1 aromatic rings. The molecule has 86 valence electrons. The number of aldehydes is 1. The zero-order valence-electron chi connectivity index (χ0n) is 9.36. The Morgan fingerprint density at radius 1 is 1.44 bits per heavy atom. The highest BCUT2D eigenvalue weighted by molar-refractivity contribution is 7.10. The molecule has 0 aliphatic carbocycles. The van der Waals surface area contributed by atoms with Crippen LogP contribution in [0.3, 0.4) is 0 Å². The lowest BCUT2D eigenvalue weighted by molar-refractivity contribution is -0.121. The molecule has 1 aromatic heterocycles. The van der Waals surface area contributed by atoms with Gasteiger partial charge in [-0.2, -0.15) is 0 Å². The van der Waals surface area contributed by atoms with Crippen molar-refractivity contribution in [3.05, 3.63) is 21.4 Å². The molecule has 0 amide bonds. The summed E-state index contributed by atoms with van der Waals surface area (Å²) in [6, 6.07) is 0. The SMILES string of the molecule is Cc1scc(C=O)c1CN1CCC(=O)CC1. The van der Waals surface area contributed by atoms with Gasteiger partial charge in [0.1, 0.15) is 5.78 Å². The van der Waals surface area contributed by atoms with Gasteiger partial charge in [0.05, 0.1) is 0 Å². The molecule has 0 bridgehead atoms. The molecule has 0 spiro atoms. The molecule has 1 aliphatic heterocycles. The first-order chi connectivity index (χ1) is 7.70. The second-order valence-corrected chi connectivity index (χ2v) is 5.24. The fourth-order valence-corrected chi connectivity index (χ4v) is 2.81.